The smallest absolute Gasteiger partial charge is 0.240 e. The SMILES string of the molecule is CC(=O)N[C@@H](CSC[C@H]1CCN2CC[C@H](CSC[C@H]3CCN4CC[C@H](CSC[C@H]5CCN6CC[C@H](CSC[C@H]7CCN8CC[C@H](CSCc9ccccc9)NC8=N7)NC6=N5)N=C4N3)N=C2N1)C(N)=O. The van der Waals surface area contributed by atoms with Crippen LogP contribution in [0.3, 0.4) is 0 Å². The summed E-state index contributed by atoms with van der Waals surface area (Å²) in [5.74, 6) is 13.6. The molecular weight excluding hydrogens is 965 g/mol. The van der Waals surface area contributed by atoms with Crippen molar-refractivity contribution in [3.05, 3.63) is 35.9 Å². The topological polar surface area (TPSA) is 183 Å². The predicted octanol–water partition coefficient (Wildman–Crippen LogP) is 3.01. The van der Waals surface area contributed by atoms with Crippen LogP contribution < -0.4 is 32.3 Å². The minimum Gasteiger partial charge on any atom is -0.368 e. The largest absolute Gasteiger partial charge is 0.368 e. The van der Waals surface area contributed by atoms with Gasteiger partial charge in [0.1, 0.15) is 6.04 Å². The van der Waals surface area contributed by atoms with Crippen molar-refractivity contribution in [1.82, 2.24) is 46.2 Å². The van der Waals surface area contributed by atoms with Gasteiger partial charge in [-0.2, -0.15) is 58.8 Å². The molecule has 4 fully saturated rings. The lowest BCUT2D eigenvalue weighted by atomic mass is 10.1. The molecule has 1 aromatic rings. The number of carbonyl (C=O) groups is 2. The summed E-state index contributed by atoms with van der Waals surface area (Å²) in [6, 6.07) is 13.3. The van der Waals surface area contributed by atoms with Gasteiger partial charge in [-0.25, -0.2) is 20.0 Å². The van der Waals surface area contributed by atoms with E-state index in [9.17, 15) is 9.59 Å². The Bertz CT molecular complexity index is 1980. The van der Waals surface area contributed by atoms with Gasteiger partial charge in [0.15, 0.2) is 23.8 Å². The number of nitrogens with one attached hydrogen (secondary N) is 5. The summed E-state index contributed by atoms with van der Waals surface area (Å²) >= 11 is 9.80. The van der Waals surface area contributed by atoms with Crippen molar-refractivity contribution < 1.29 is 9.59 Å². The predicted molar refractivity (Wildman–Crippen MR) is 295 cm³/mol. The number of nitrogens with two attached hydrogens (primary N) is 1. The van der Waals surface area contributed by atoms with Gasteiger partial charge in [-0.3, -0.25) is 9.59 Å². The number of hydrogen-bond donors (Lipinski definition) is 6. The number of benzene rings is 1. The number of thioether (sulfide) groups is 5. The molecule has 0 aliphatic carbocycles. The lowest BCUT2D eigenvalue weighted by Crippen LogP contribution is -2.57. The fourth-order valence-electron chi connectivity index (χ4n) is 10.2. The van der Waals surface area contributed by atoms with Crippen LogP contribution in [0.4, 0.5) is 0 Å². The van der Waals surface area contributed by atoms with E-state index in [-0.39, 0.29) is 11.9 Å². The van der Waals surface area contributed by atoms with Gasteiger partial charge in [-0.15, -0.1) is 0 Å². The maximum absolute atomic E-state index is 11.7. The lowest BCUT2D eigenvalue weighted by molar-refractivity contribution is -0.125. The van der Waals surface area contributed by atoms with Crippen LogP contribution in [0.15, 0.2) is 50.3 Å². The van der Waals surface area contributed by atoms with Crippen LogP contribution in [0, 0.1) is 0 Å². The summed E-state index contributed by atoms with van der Waals surface area (Å²) in [7, 11) is 0. The van der Waals surface area contributed by atoms with Crippen LogP contribution in [0.25, 0.3) is 0 Å². The van der Waals surface area contributed by atoms with Gasteiger partial charge in [0, 0.05) is 141 Å². The second-order valence-electron chi connectivity index (χ2n) is 19.9. The van der Waals surface area contributed by atoms with E-state index in [2.05, 4.69) is 88.3 Å². The van der Waals surface area contributed by atoms with E-state index in [0.29, 0.717) is 48.0 Å². The average Bonchev–Trinajstić information content (AvgIpc) is 3.36. The summed E-state index contributed by atoms with van der Waals surface area (Å²) in [4.78, 5) is 53.9. The highest BCUT2D eigenvalue weighted by Crippen LogP contribution is 2.26. The molecule has 4 saturated heterocycles. The molecule has 0 saturated carbocycles. The molecule has 9 rings (SSSR count). The summed E-state index contributed by atoms with van der Waals surface area (Å²) < 4.78 is 0. The van der Waals surface area contributed by atoms with Gasteiger partial charge in [0.05, 0.1) is 24.2 Å². The molecule has 8 aliphatic rings. The number of hydrogen-bond acceptors (Lipinski definition) is 19. The van der Waals surface area contributed by atoms with Crippen LogP contribution >= 0.6 is 58.8 Å². The van der Waals surface area contributed by atoms with Crippen molar-refractivity contribution in [3.8, 4) is 0 Å². The second-order valence-corrected chi connectivity index (χ2v) is 25.2. The van der Waals surface area contributed by atoms with Gasteiger partial charge in [0.25, 0.3) is 0 Å². The van der Waals surface area contributed by atoms with Crippen molar-refractivity contribution >= 4 is 94.5 Å². The Hall–Kier alpha value is -3.01. The first-order valence-electron chi connectivity index (χ1n) is 25.6. The number of primary amides is 1. The molecule has 0 radical (unpaired) electrons. The Labute approximate surface area is 431 Å². The van der Waals surface area contributed by atoms with Crippen LogP contribution in [-0.2, 0) is 15.3 Å². The molecule has 16 nitrogen and oxygen atoms in total. The maximum Gasteiger partial charge on any atom is 0.240 e. The van der Waals surface area contributed by atoms with E-state index in [0.717, 1.165) is 166 Å². The lowest BCUT2D eigenvalue weighted by Gasteiger charge is -2.41. The van der Waals surface area contributed by atoms with E-state index in [1.165, 1.54) is 25.3 Å². The normalized spacial score (nSPS) is 29.1. The number of fused-ring (bicyclic) bond motifs is 4. The molecule has 8 heterocycles. The number of amides is 2. The molecule has 0 bridgehead atoms. The van der Waals surface area contributed by atoms with Gasteiger partial charge in [-0.1, -0.05) is 30.3 Å². The highest BCUT2D eigenvalue weighted by atomic mass is 32.2. The average molecular weight is 1040 g/mol. The fourth-order valence-corrected chi connectivity index (χ4v) is 16.0. The molecule has 8 aliphatic heterocycles. The first kappa shape index (κ1) is 50.9. The van der Waals surface area contributed by atoms with Gasteiger partial charge in [0.2, 0.25) is 11.8 Å². The van der Waals surface area contributed by atoms with Crippen molar-refractivity contribution in [2.45, 2.75) is 118 Å². The molecule has 0 aromatic heterocycles. The van der Waals surface area contributed by atoms with Gasteiger partial charge >= 0.3 is 0 Å². The minimum absolute atomic E-state index is 0.239. The Kier molecular flexibility index (Phi) is 18.9. The standard InChI is InChI=1S/C48H76N14O2S5/c1-33(63)50-43(44(49)64)32-69-31-42-14-22-62-21-13-41(57-48(62)58-42)30-68-29-40-12-20-61-19-11-39(55-47(61)56-40)28-67-27-38-10-18-60-17-9-37(53-46(60)54-38)26-66-25-36-8-16-59-15-7-35(51-45(59)52-36)24-65-23-34-5-3-2-4-6-34/h2-6,35-43H,7-32H2,1H3,(H2,49,64)(H,50,63)(H,51,52)(H,53,54)(H,55,56)(H,57,58)/t35-,36-,37-,38-,39-,40-,41-,42-,43+/m1/s1. The summed E-state index contributed by atoms with van der Waals surface area (Å²) in [6.45, 7) is 10.0. The zero-order valence-electron chi connectivity index (χ0n) is 40.5. The number of rotatable bonds is 22. The van der Waals surface area contributed by atoms with Crippen LogP contribution in [-0.4, -0.2) is 214 Å². The van der Waals surface area contributed by atoms with E-state index < -0.39 is 11.9 Å². The summed E-state index contributed by atoms with van der Waals surface area (Å²) in [5.41, 5.74) is 6.90. The van der Waals surface area contributed by atoms with Gasteiger partial charge in [-0.05, 0) is 56.9 Å². The molecule has 1 aromatic carbocycles. The van der Waals surface area contributed by atoms with E-state index in [1.807, 2.05) is 35.3 Å². The molecule has 2 amide bonds. The third kappa shape index (κ3) is 15.0. The highest BCUT2D eigenvalue weighted by molar-refractivity contribution is 8.00. The number of nitrogens with zero attached hydrogens (tertiary/aromatic N) is 8. The third-order valence-electron chi connectivity index (χ3n) is 14.3. The van der Waals surface area contributed by atoms with Crippen molar-refractivity contribution in [2.24, 2.45) is 25.7 Å². The van der Waals surface area contributed by atoms with E-state index in [4.69, 9.17) is 25.7 Å². The Morgan fingerprint density at radius 2 is 0.884 bits per heavy atom. The zero-order chi connectivity index (χ0) is 47.4. The minimum atomic E-state index is -0.641. The van der Waals surface area contributed by atoms with Crippen molar-refractivity contribution in [2.75, 3.05) is 104 Å². The maximum atomic E-state index is 11.7. The van der Waals surface area contributed by atoms with Crippen LogP contribution in [0.2, 0.25) is 0 Å². The molecule has 21 heteroatoms. The molecular formula is C48H76N14O2S5. The molecule has 9 atom stereocenters. The molecule has 0 unspecified atom stereocenters. The Morgan fingerprint density at radius 1 is 0.536 bits per heavy atom. The zero-order valence-corrected chi connectivity index (χ0v) is 44.6. The number of carbonyl (C=O) groups excluding carboxylic acids is 2. The quantitative estimate of drug-likeness (QED) is 0.0997. The highest BCUT2D eigenvalue weighted by Gasteiger charge is 2.33. The molecule has 380 valence electrons. The summed E-state index contributed by atoms with van der Waals surface area (Å²) in [5, 5.41) is 17.8. The summed E-state index contributed by atoms with van der Waals surface area (Å²) in [6.07, 6.45) is 9.04. The monoisotopic (exact) mass is 1040 g/mol. The van der Waals surface area contributed by atoms with Crippen molar-refractivity contribution in [3.63, 3.8) is 0 Å². The third-order valence-corrected chi connectivity index (χ3v) is 20.4. The van der Waals surface area contributed by atoms with Crippen LogP contribution in [0.1, 0.15) is 63.9 Å². The van der Waals surface area contributed by atoms with Gasteiger partial charge < -0.3 is 51.9 Å². The number of aliphatic imine (C=N–C) groups is 4. The number of guanidine groups is 4. The second kappa shape index (κ2) is 25.6. The molecule has 0 spiro atoms. The van der Waals surface area contributed by atoms with E-state index >= 15 is 0 Å². The Morgan fingerprint density at radius 3 is 1.26 bits per heavy atom. The molecule has 69 heavy (non-hydrogen) atoms. The van der Waals surface area contributed by atoms with E-state index in [1.54, 1.807) is 11.8 Å². The fraction of sp³-hybridized carbons (Fsp3) is 0.750. The van der Waals surface area contributed by atoms with Crippen molar-refractivity contribution in [1.29, 1.82) is 0 Å². The molecule has 7 N–H and O–H groups in total. The Balaban J connectivity index is 0.651. The first-order valence-corrected chi connectivity index (χ1v) is 31.4. The first-order chi connectivity index (χ1) is 33.8. The van der Waals surface area contributed by atoms with Crippen LogP contribution in [0.5, 0.6) is 0 Å².